The molecule has 0 aliphatic carbocycles. The van der Waals surface area contributed by atoms with Gasteiger partial charge in [-0.15, -0.1) is 0 Å². The van der Waals surface area contributed by atoms with Crippen LogP contribution in [0, 0.1) is 5.82 Å². The summed E-state index contributed by atoms with van der Waals surface area (Å²) in [5, 5.41) is 2.81. The number of anilines is 1. The van der Waals surface area contributed by atoms with Gasteiger partial charge in [-0.2, -0.15) is 0 Å². The lowest BCUT2D eigenvalue weighted by molar-refractivity contribution is -0.128. The third kappa shape index (κ3) is 6.04. The average Bonchev–Trinajstić information content (AvgIpc) is 2.58. The molecule has 0 fully saturated rings. The van der Waals surface area contributed by atoms with Crippen molar-refractivity contribution in [1.82, 2.24) is 4.90 Å². The van der Waals surface area contributed by atoms with E-state index in [1.165, 1.54) is 24.3 Å². The van der Waals surface area contributed by atoms with Gasteiger partial charge in [-0.3, -0.25) is 4.79 Å². The highest BCUT2D eigenvalue weighted by Gasteiger charge is 2.30. The highest BCUT2D eigenvalue weighted by Crippen LogP contribution is 2.21. The van der Waals surface area contributed by atoms with Crippen LogP contribution in [-0.4, -0.2) is 43.7 Å². The first-order valence-corrected chi connectivity index (χ1v) is 8.40. The lowest BCUT2D eigenvalue weighted by atomic mass is 10.1. The fourth-order valence-electron chi connectivity index (χ4n) is 2.11. The van der Waals surface area contributed by atoms with Crippen molar-refractivity contribution >= 4 is 11.6 Å². The van der Waals surface area contributed by atoms with Crippen molar-refractivity contribution in [2.45, 2.75) is 19.4 Å². The van der Waals surface area contributed by atoms with E-state index in [0.717, 1.165) is 12.3 Å². The van der Waals surface area contributed by atoms with Gasteiger partial charge in [0.25, 0.3) is 5.91 Å². The molecule has 0 bridgehead atoms. The first kappa shape index (κ1) is 19.7. The first-order chi connectivity index (χ1) is 12.3. The SMILES string of the molecule is CN(C)CCOc1ccc(NC(=O)C(C)(C)Oc2ccc(F)cc2)cc1. The summed E-state index contributed by atoms with van der Waals surface area (Å²) < 4.78 is 24.3. The van der Waals surface area contributed by atoms with Crippen LogP contribution in [0.4, 0.5) is 10.1 Å². The Morgan fingerprint density at radius 2 is 1.62 bits per heavy atom. The zero-order chi connectivity index (χ0) is 19.2. The van der Waals surface area contributed by atoms with E-state index in [9.17, 15) is 9.18 Å². The van der Waals surface area contributed by atoms with Gasteiger partial charge >= 0.3 is 0 Å². The Bertz CT molecular complexity index is 713. The van der Waals surface area contributed by atoms with Gasteiger partial charge in [0.2, 0.25) is 0 Å². The number of nitrogens with zero attached hydrogens (tertiary/aromatic N) is 1. The van der Waals surface area contributed by atoms with E-state index in [-0.39, 0.29) is 11.7 Å². The number of carbonyl (C=O) groups excluding carboxylic acids is 1. The first-order valence-electron chi connectivity index (χ1n) is 8.40. The summed E-state index contributed by atoms with van der Waals surface area (Å²) in [7, 11) is 3.97. The van der Waals surface area contributed by atoms with Gasteiger partial charge in [-0.25, -0.2) is 4.39 Å². The summed E-state index contributed by atoms with van der Waals surface area (Å²) in [5.74, 6) is 0.512. The third-order valence-electron chi connectivity index (χ3n) is 3.65. The number of benzene rings is 2. The molecule has 0 atom stereocenters. The van der Waals surface area contributed by atoms with Gasteiger partial charge in [0.15, 0.2) is 5.60 Å². The van der Waals surface area contributed by atoms with E-state index in [0.29, 0.717) is 18.0 Å². The summed E-state index contributed by atoms with van der Waals surface area (Å²) in [6.07, 6.45) is 0. The van der Waals surface area contributed by atoms with Crippen molar-refractivity contribution in [3.8, 4) is 11.5 Å². The van der Waals surface area contributed by atoms with E-state index in [4.69, 9.17) is 9.47 Å². The topological polar surface area (TPSA) is 50.8 Å². The highest BCUT2D eigenvalue weighted by atomic mass is 19.1. The summed E-state index contributed by atoms with van der Waals surface area (Å²) in [6.45, 7) is 4.74. The van der Waals surface area contributed by atoms with Crippen LogP contribution in [0.1, 0.15) is 13.8 Å². The largest absolute Gasteiger partial charge is 0.492 e. The molecule has 2 aromatic rings. The number of hydrogen-bond donors (Lipinski definition) is 1. The Balaban J connectivity index is 1.92. The average molecular weight is 360 g/mol. The molecular weight excluding hydrogens is 335 g/mol. The zero-order valence-electron chi connectivity index (χ0n) is 15.6. The van der Waals surface area contributed by atoms with E-state index < -0.39 is 5.60 Å². The maximum atomic E-state index is 13.0. The van der Waals surface area contributed by atoms with Gasteiger partial charge in [-0.1, -0.05) is 0 Å². The summed E-state index contributed by atoms with van der Waals surface area (Å²) in [5.41, 5.74) is -0.468. The number of rotatable bonds is 8. The lowest BCUT2D eigenvalue weighted by Crippen LogP contribution is -2.42. The number of amides is 1. The lowest BCUT2D eigenvalue weighted by Gasteiger charge is -2.25. The molecule has 0 aliphatic rings. The number of carbonyl (C=O) groups is 1. The Morgan fingerprint density at radius 1 is 1.04 bits per heavy atom. The van der Waals surface area contributed by atoms with E-state index in [1.807, 2.05) is 19.0 Å². The van der Waals surface area contributed by atoms with Crippen LogP contribution in [0.15, 0.2) is 48.5 Å². The Kier molecular flexibility index (Phi) is 6.58. The molecular formula is C20H25FN2O3. The molecule has 26 heavy (non-hydrogen) atoms. The Morgan fingerprint density at radius 3 is 2.19 bits per heavy atom. The number of hydrogen-bond acceptors (Lipinski definition) is 4. The molecule has 1 amide bonds. The van der Waals surface area contributed by atoms with Crippen LogP contribution in [-0.2, 0) is 4.79 Å². The normalized spacial score (nSPS) is 11.3. The van der Waals surface area contributed by atoms with Crippen molar-refractivity contribution in [2.75, 3.05) is 32.6 Å². The molecule has 5 nitrogen and oxygen atoms in total. The van der Waals surface area contributed by atoms with Crippen molar-refractivity contribution in [1.29, 1.82) is 0 Å². The van der Waals surface area contributed by atoms with Gasteiger partial charge in [-0.05, 0) is 76.5 Å². The zero-order valence-corrected chi connectivity index (χ0v) is 15.6. The van der Waals surface area contributed by atoms with Crippen LogP contribution in [0.2, 0.25) is 0 Å². The summed E-state index contributed by atoms with van der Waals surface area (Å²) in [4.78, 5) is 14.5. The van der Waals surface area contributed by atoms with Crippen molar-refractivity contribution in [3.05, 3.63) is 54.3 Å². The van der Waals surface area contributed by atoms with Gasteiger partial charge in [0.05, 0.1) is 0 Å². The monoisotopic (exact) mass is 360 g/mol. The van der Waals surface area contributed by atoms with Gasteiger partial charge < -0.3 is 19.7 Å². The molecule has 0 radical (unpaired) electrons. The van der Waals surface area contributed by atoms with Crippen LogP contribution >= 0.6 is 0 Å². The predicted molar refractivity (Wildman–Crippen MR) is 100 cm³/mol. The Labute approximate surface area is 153 Å². The minimum atomic E-state index is -1.11. The molecule has 0 saturated carbocycles. The molecule has 0 heterocycles. The van der Waals surface area contributed by atoms with Crippen molar-refractivity contribution in [3.63, 3.8) is 0 Å². The fourth-order valence-corrected chi connectivity index (χ4v) is 2.11. The van der Waals surface area contributed by atoms with Gasteiger partial charge in [0.1, 0.15) is 23.9 Å². The third-order valence-corrected chi connectivity index (χ3v) is 3.65. The van der Waals surface area contributed by atoms with Crippen LogP contribution < -0.4 is 14.8 Å². The molecule has 6 heteroatoms. The second-order valence-electron chi connectivity index (χ2n) is 6.70. The molecule has 2 aromatic carbocycles. The molecule has 0 aromatic heterocycles. The number of nitrogens with one attached hydrogen (secondary N) is 1. The minimum Gasteiger partial charge on any atom is -0.492 e. The maximum absolute atomic E-state index is 13.0. The minimum absolute atomic E-state index is 0.303. The highest BCUT2D eigenvalue weighted by molar-refractivity contribution is 5.97. The molecule has 1 N–H and O–H groups in total. The molecule has 0 spiro atoms. The van der Waals surface area contributed by atoms with Crippen molar-refractivity contribution in [2.24, 2.45) is 0 Å². The standard InChI is InChI=1S/C20H25FN2O3/c1-20(2,26-18-9-5-15(21)6-10-18)19(24)22-16-7-11-17(12-8-16)25-14-13-23(3)4/h5-12H,13-14H2,1-4H3,(H,22,24). The summed E-state index contributed by atoms with van der Waals surface area (Å²) >= 11 is 0. The molecule has 0 saturated heterocycles. The maximum Gasteiger partial charge on any atom is 0.267 e. The Hall–Kier alpha value is -2.60. The number of likely N-dealkylation sites (N-methyl/N-ethyl adjacent to an activating group) is 1. The number of halogens is 1. The summed E-state index contributed by atoms with van der Waals surface area (Å²) in [6, 6.07) is 12.7. The molecule has 0 aliphatic heterocycles. The molecule has 140 valence electrons. The van der Waals surface area contributed by atoms with E-state index >= 15 is 0 Å². The van der Waals surface area contributed by atoms with Crippen LogP contribution in [0.25, 0.3) is 0 Å². The quantitative estimate of drug-likeness (QED) is 0.782. The smallest absolute Gasteiger partial charge is 0.267 e. The number of ether oxygens (including phenoxy) is 2. The van der Waals surface area contributed by atoms with Crippen LogP contribution in [0.3, 0.4) is 0 Å². The predicted octanol–water partition coefficient (Wildman–Crippen LogP) is 3.56. The second-order valence-corrected chi connectivity index (χ2v) is 6.70. The van der Waals surface area contributed by atoms with Crippen molar-refractivity contribution < 1.29 is 18.7 Å². The van der Waals surface area contributed by atoms with E-state index in [2.05, 4.69) is 5.32 Å². The van der Waals surface area contributed by atoms with Crippen LogP contribution in [0.5, 0.6) is 11.5 Å². The van der Waals surface area contributed by atoms with E-state index in [1.54, 1.807) is 38.1 Å². The second kappa shape index (κ2) is 8.67. The fraction of sp³-hybridized carbons (Fsp3) is 0.350. The molecule has 2 rings (SSSR count). The van der Waals surface area contributed by atoms with Gasteiger partial charge in [0, 0.05) is 12.2 Å². The molecule has 0 unspecified atom stereocenters.